The van der Waals surface area contributed by atoms with E-state index in [1.807, 2.05) is 26.2 Å². The van der Waals surface area contributed by atoms with Gasteiger partial charge in [-0.3, -0.25) is 4.68 Å². The van der Waals surface area contributed by atoms with Gasteiger partial charge < -0.3 is 5.73 Å². The highest BCUT2D eigenvalue weighted by molar-refractivity contribution is 5.34. The molecule has 0 saturated carbocycles. The maximum atomic E-state index is 13.6. The van der Waals surface area contributed by atoms with Crippen LogP contribution >= 0.6 is 0 Å². The van der Waals surface area contributed by atoms with E-state index in [4.69, 9.17) is 5.73 Å². The lowest BCUT2D eigenvalue weighted by molar-refractivity contribution is 0.614. The molecular formula is C14H18FN3. The van der Waals surface area contributed by atoms with Gasteiger partial charge in [-0.1, -0.05) is 19.1 Å². The van der Waals surface area contributed by atoms with Gasteiger partial charge in [0.1, 0.15) is 5.82 Å². The molecule has 0 aliphatic rings. The van der Waals surface area contributed by atoms with Gasteiger partial charge in [0.15, 0.2) is 0 Å². The Morgan fingerprint density at radius 1 is 1.44 bits per heavy atom. The van der Waals surface area contributed by atoms with Gasteiger partial charge in [0.05, 0.1) is 11.7 Å². The molecule has 2 rings (SSSR count). The molecule has 0 amide bonds. The average Bonchev–Trinajstić information content (AvgIpc) is 2.73. The molecule has 2 aromatic rings. The van der Waals surface area contributed by atoms with Crippen LogP contribution in [0.5, 0.6) is 0 Å². The molecule has 0 bridgehead atoms. The first-order valence-electron chi connectivity index (χ1n) is 6.07. The van der Waals surface area contributed by atoms with Crippen LogP contribution < -0.4 is 5.73 Å². The zero-order valence-electron chi connectivity index (χ0n) is 10.9. The zero-order chi connectivity index (χ0) is 13.3. The van der Waals surface area contributed by atoms with E-state index in [0.717, 1.165) is 23.2 Å². The molecule has 1 atom stereocenters. The highest BCUT2D eigenvalue weighted by atomic mass is 19.1. The van der Waals surface area contributed by atoms with Gasteiger partial charge in [-0.2, -0.15) is 5.10 Å². The number of nitrogens with zero attached hydrogens (tertiary/aromatic N) is 2. The quantitative estimate of drug-likeness (QED) is 0.905. The Morgan fingerprint density at radius 3 is 2.78 bits per heavy atom. The molecule has 0 fully saturated rings. The normalized spacial score (nSPS) is 12.7. The van der Waals surface area contributed by atoms with Crippen molar-refractivity contribution in [1.82, 2.24) is 9.78 Å². The van der Waals surface area contributed by atoms with E-state index in [0.29, 0.717) is 5.56 Å². The van der Waals surface area contributed by atoms with E-state index >= 15 is 0 Å². The summed E-state index contributed by atoms with van der Waals surface area (Å²) in [6.45, 7) is 3.78. The predicted octanol–water partition coefficient (Wildman–Crippen LogP) is 2.48. The molecular weight excluding hydrogens is 229 g/mol. The van der Waals surface area contributed by atoms with Crippen LogP contribution in [0.3, 0.4) is 0 Å². The third kappa shape index (κ3) is 2.29. The average molecular weight is 247 g/mol. The van der Waals surface area contributed by atoms with E-state index in [1.54, 1.807) is 17.7 Å². The summed E-state index contributed by atoms with van der Waals surface area (Å²) in [6.07, 6.45) is 2.72. The number of benzene rings is 1. The largest absolute Gasteiger partial charge is 0.320 e. The van der Waals surface area contributed by atoms with Crippen molar-refractivity contribution in [1.29, 1.82) is 0 Å². The molecule has 3 nitrogen and oxygen atoms in total. The lowest BCUT2D eigenvalue weighted by Gasteiger charge is -2.12. The number of aryl methyl sites for hydroxylation is 3. The minimum atomic E-state index is -0.330. The second kappa shape index (κ2) is 4.90. The van der Waals surface area contributed by atoms with Gasteiger partial charge in [0.2, 0.25) is 0 Å². The van der Waals surface area contributed by atoms with Gasteiger partial charge >= 0.3 is 0 Å². The van der Waals surface area contributed by atoms with Crippen molar-refractivity contribution in [2.45, 2.75) is 26.3 Å². The second-order valence-electron chi connectivity index (χ2n) is 4.54. The maximum Gasteiger partial charge on any atom is 0.126 e. The summed E-state index contributed by atoms with van der Waals surface area (Å²) in [4.78, 5) is 0. The van der Waals surface area contributed by atoms with Gasteiger partial charge in [0, 0.05) is 18.8 Å². The van der Waals surface area contributed by atoms with Gasteiger partial charge in [-0.25, -0.2) is 4.39 Å². The molecule has 96 valence electrons. The molecule has 0 saturated heterocycles. The van der Waals surface area contributed by atoms with Gasteiger partial charge in [-0.05, 0) is 30.5 Å². The third-order valence-corrected chi connectivity index (χ3v) is 3.16. The van der Waals surface area contributed by atoms with Gasteiger partial charge in [-0.15, -0.1) is 0 Å². The predicted molar refractivity (Wildman–Crippen MR) is 69.8 cm³/mol. The van der Waals surface area contributed by atoms with E-state index < -0.39 is 0 Å². The molecule has 0 aliphatic heterocycles. The SMILES string of the molecule is CCc1nn(C)cc1C(N)c1ccc(C)c(F)c1. The smallest absolute Gasteiger partial charge is 0.126 e. The number of hydrogen-bond acceptors (Lipinski definition) is 2. The maximum absolute atomic E-state index is 13.6. The first kappa shape index (κ1) is 12.8. The van der Waals surface area contributed by atoms with Crippen LogP contribution in [0.15, 0.2) is 24.4 Å². The molecule has 18 heavy (non-hydrogen) atoms. The molecule has 0 radical (unpaired) electrons. The summed E-state index contributed by atoms with van der Waals surface area (Å²) in [6, 6.07) is 4.80. The van der Waals surface area contributed by atoms with E-state index in [2.05, 4.69) is 5.10 Å². The highest BCUT2D eigenvalue weighted by Gasteiger charge is 2.16. The van der Waals surface area contributed by atoms with Crippen LogP contribution in [0.4, 0.5) is 4.39 Å². The first-order chi connectivity index (χ1) is 8.52. The summed E-state index contributed by atoms with van der Waals surface area (Å²) in [5.41, 5.74) is 9.54. The lowest BCUT2D eigenvalue weighted by Crippen LogP contribution is -2.13. The fraction of sp³-hybridized carbons (Fsp3) is 0.357. The van der Waals surface area contributed by atoms with Crippen LogP contribution in [0.2, 0.25) is 0 Å². The molecule has 1 aromatic heterocycles. The van der Waals surface area contributed by atoms with Crippen LogP contribution in [-0.2, 0) is 13.5 Å². The van der Waals surface area contributed by atoms with Gasteiger partial charge in [0.25, 0.3) is 0 Å². The number of hydrogen-bond donors (Lipinski definition) is 1. The summed E-state index contributed by atoms with van der Waals surface area (Å²) in [5.74, 6) is -0.218. The van der Waals surface area contributed by atoms with E-state index in [1.165, 1.54) is 6.07 Å². The van der Waals surface area contributed by atoms with Crippen molar-refractivity contribution in [3.63, 3.8) is 0 Å². The summed E-state index contributed by atoms with van der Waals surface area (Å²) < 4.78 is 15.3. The fourth-order valence-electron chi connectivity index (χ4n) is 2.07. The monoisotopic (exact) mass is 247 g/mol. The third-order valence-electron chi connectivity index (χ3n) is 3.16. The summed E-state index contributed by atoms with van der Waals surface area (Å²) >= 11 is 0. The number of aromatic nitrogens is 2. The van der Waals surface area contributed by atoms with Crippen molar-refractivity contribution < 1.29 is 4.39 Å². The van der Waals surface area contributed by atoms with Crippen molar-refractivity contribution in [2.75, 3.05) is 0 Å². The van der Waals surface area contributed by atoms with Crippen LogP contribution in [0.1, 0.15) is 35.3 Å². The van der Waals surface area contributed by atoms with E-state index in [-0.39, 0.29) is 11.9 Å². The molecule has 1 unspecified atom stereocenters. The van der Waals surface area contributed by atoms with Crippen LogP contribution in [-0.4, -0.2) is 9.78 Å². The topological polar surface area (TPSA) is 43.8 Å². The number of nitrogens with two attached hydrogens (primary N) is 1. The Hall–Kier alpha value is -1.68. The highest BCUT2D eigenvalue weighted by Crippen LogP contribution is 2.24. The Labute approximate surface area is 106 Å². The first-order valence-corrected chi connectivity index (χ1v) is 6.07. The van der Waals surface area contributed by atoms with Crippen molar-refractivity contribution >= 4 is 0 Å². The zero-order valence-corrected chi connectivity index (χ0v) is 10.9. The Morgan fingerprint density at radius 2 is 2.17 bits per heavy atom. The lowest BCUT2D eigenvalue weighted by atomic mass is 9.98. The second-order valence-corrected chi connectivity index (χ2v) is 4.54. The number of halogens is 1. The molecule has 0 aliphatic carbocycles. The Kier molecular flexibility index (Phi) is 3.48. The Bertz CT molecular complexity index is 560. The molecule has 0 spiro atoms. The summed E-state index contributed by atoms with van der Waals surface area (Å²) in [7, 11) is 1.87. The number of rotatable bonds is 3. The molecule has 4 heteroatoms. The van der Waals surface area contributed by atoms with Crippen molar-refractivity contribution in [3.05, 3.63) is 52.6 Å². The molecule has 1 heterocycles. The fourth-order valence-corrected chi connectivity index (χ4v) is 2.07. The summed E-state index contributed by atoms with van der Waals surface area (Å²) in [5, 5.41) is 4.36. The van der Waals surface area contributed by atoms with Crippen LogP contribution in [0.25, 0.3) is 0 Å². The minimum Gasteiger partial charge on any atom is -0.320 e. The minimum absolute atomic E-state index is 0.218. The van der Waals surface area contributed by atoms with E-state index in [9.17, 15) is 4.39 Å². The van der Waals surface area contributed by atoms with Crippen molar-refractivity contribution in [3.8, 4) is 0 Å². The van der Waals surface area contributed by atoms with Crippen LogP contribution in [0, 0.1) is 12.7 Å². The Balaban J connectivity index is 2.40. The van der Waals surface area contributed by atoms with Crippen molar-refractivity contribution in [2.24, 2.45) is 12.8 Å². The standard InChI is InChI=1S/C14H18FN3/c1-4-13-11(8-18(3)17-13)14(16)10-6-5-9(2)12(15)7-10/h5-8,14H,4,16H2,1-3H3. The molecule has 2 N–H and O–H groups in total. The molecule has 1 aromatic carbocycles.